The number of aromatic amines is 1. The van der Waals surface area contributed by atoms with Crippen molar-refractivity contribution in [2.45, 2.75) is 46.5 Å². The van der Waals surface area contributed by atoms with E-state index in [9.17, 15) is 4.79 Å². The number of aromatic nitrogens is 2. The van der Waals surface area contributed by atoms with Crippen molar-refractivity contribution in [1.29, 1.82) is 0 Å². The fourth-order valence-electron chi connectivity index (χ4n) is 2.63. The Hall–Kier alpha value is -1.36. The molecule has 2 heterocycles. The number of amides is 1. The molecule has 1 atom stereocenters. The van der Waals surface area contributed by atoms with Gasteiger partial charge in [0.15, 0.2) is 5.82 Å². The number of nitrogens with one attached hydrogen (secondary N) is 3. The van der Waals surface area contributed by atoms with E-state index in [2.05, 4.69) is 34.7 Å². The average molecular weight is 278 g/mol. The quantitative estimate of drug-likeness (QED) is 0.792. The highest BCUT2D eigenvalue weighted by atomic mass is 16.2. The second kappa shape index (κ2) is 5.95. The van der Waals surface area contributed by atoms with Crippen molar-refractivity contribution in [2.75, 3.05) is 18.4 Å². The van der Waals surface area contributed by atoms with Crippen LogP contribution >= 0.6 is 0 Å². The average Bonchev–Trinajstić information content (AvgIpc) is 2.88. The molecule has 1 amide bonds. The zero-order chi connectivity index (χ0) is 14.8. The highest BCUT2D eigenvalue weighted by Gasteiger charge is 2.37. The molecule has 0 aromatic carbocycles. The van der Waals surface area contributed by atoms with Crippen LogP contribution in [0.4, 0.5) is 5.82 Å². The van der Waals surface area contributed by atoms with E-state index in [0.717, 1.165) is 31.6 Å². The molecule has 5 heteroatoms. The van der Waals surface area contributed by atoms with E-state index in [1.165, 1.54) is 0 Å². The maximum atomic E-state index is 12.5. The second-order valence-corrected chi connectivity index (χ2v) is 6.58. The number of nitrogens with zero attached hydrogens (tertiary/aromatic N) is 1. The maximum Gasteiger partial charge on any atom is 0.231 e. The van der Waals surface area contributed by atoms with Crippen LogP contribution in [0.1, 0.15) is 52.1 Å². The van der Waals surface area contributed by atoms with Crippen LogP contribution in [-0.2, 0) is 4.79 Å². The van der Waals surface area contributed by atoms with Crippen LogP contribution in [0.3, 0.4) is 0 Å². The van der Waals surface area contributed by atoms with E-state index >= 15 is 0 Å². The first kappa shape index (κ1) is 15.0. The summed E-state index contributed by atoms with van der Waals surface area (Å²) in [5.74, 6) is 1.42. The molecule has 1 fully saturated rings. The Morgan fingerprint density at radius 3 is 2.80 bits per heavy atom. The Morgan fingerprint density at radius 2 is 2.25 bits per heavy atom. The van der Waals surface area contributed by atoms with Crippen molar-refractivity contribution < 1.29 is 4.79 Å². The van der Waals surface area contributed by atoms with Gasteiger partial charge in [-0.1, -0.05) is 27.7 Å². The van der Waals surface area contributed by atoms with Crippen molar-refractivity contribution in [3.05, 3.63) is 11.8 Å². The van der Waals surface area contributed by atoms with Gasteiger partial charge in [0.1, 0.15) is 0 Å². The van der Waals surface area contributed by atoms with Crippen molar-refractivity contribution in [1.82, 2.24) is 15.5 Å². The largest absolute Gasteiger partial charge is 0.316 e. The van der Waals surface area contributed by atoms with Crippen LogP contribution in [0.5, 0.6) is 0 Å². The third kappa shape index (κ3) is 3.20. The molecule has 0 bridgehead atoms. The highest BCUT2D eigenvalue weighted by molar-refractivity contribution is 5.94. The van der Waals surface area contributed by atoms with Crippen LogP contribution in [0.25, 0.3) is 0 Å². The Morgan fingerprint density at radius 1 is 1.50 bits per heavy atom. The molecule has 0 spiro atoms. The van der Waals surface area contributed by atoms with Gasteiger partial charge in [-0.2, -0.15) is 5.10 Å². The lowest BCUT2D eigenvalue weighted by atomic mass is 9.74. The number of rotatable bonds is 4. The summed E-state index contributed by atoms with van der Waals surface area (Å²) < 4.78 is 0. The Bertz CT molecular complexity index is 458. The van der Waals surface area contributed by atoms with E-state index in [4.69, 9.17) is 0 Å². The minimum atomic E-state index is -0.385. The lowest BCUT2D eigenvalue weighted by Gasteiger charge is -2.35. The molecule has 1 saturated heterocycles. The van der Waals surface area contributed by atoms with E-state index in [0.29, 0.717) is 17.7 Å². The Labute approximate surface area is 120 Å². The maximum absolute atomic E-state index is 12.5. The van der Waals surface area contributed by atoms with Crippen molar-refractivity contribution in [2.24, 2.45) is 11.3 Å². The minimum Gasteiger partial charge on any atom is -0.316 e. The van der Waals surface area contributed by atoms with E-state index in [1.54, 1.807) is 0 Å². The van der Waals surface area contributed by atoms with Gasteiger partial charge in [-0.15, -0.1) is 0 Å². The SMILES string of the molecule is CC(C)c1cc(NC(=O)C(C)(C)C2CCCNC2)n[nH]1. The molecule has 112 valence electrons. The van der Waals surface area contributed by atoms with Crippen LogP contribution < -0.4 is 10.6 Å². The van der Waals surface area contributed by atoms with Gasteiger partial charge in [0.2, 0.25) is 5.91 Å². The van der Waals surface area contributed by atoms with Crippen LogP contribution in [-0.4, -0.2) is 29.2 Å². The van der Waals surface area contributed by atoms with Gasteiger partial charge in [0.05, 0.1) is 0 Å². The van der Waals surface area contributed by atoms with Gasteiger partial charge in [0, 0.05) is 17.2 Å². The van der Waals surface area contributed by atoms with Gasteiger partial charge in [0.25, 0.3) is 0 Å². The molecule has 2 rings (SSSR count). The zero-order valence-electron chi connectivity index (χ0n) is 12.9. The van der Waals surface area contributed by atoms with E-state index in [-0.39, 0.29) is 11.3 Å². The van der Waals surface area contributed by atoms with Crippen LogP contribution in [0.2, 0.25) is 0 Å². The summed E-state index contributed by atoms with van der Waals surface area (Å²) in [6.07, 6.45) is 2.24. The van der Waals surface area contributed by atoms with E-state index in [1.807, 2.05) is 19.9 Å². The first-order valence-corrected chi connectivity index (χ1v) is 7.48. The van der Waals surface area contributed by atoms with Gasteiger partial charge in [-0.25, -0.2) is 0 Å². The third-order valence-electron chi connectivity index (χ3n) is 4.36. The monoisotopic (exact) mass is 278 g/mol. The number of hydrogen-bond acceptors (Lipinski definition) is 3. The number of hydrogen-bond donors (Lipinski definition) is 3. The molecular formula is C15H26N4O. The first-order chi connectivity index (χ1) is 9.41. The summed E-state index contributed by atoms with van der Waals surface area (Å²) in [6.45, 7) is 10.2. The molecule has 0 aliphatic carbocycles. The standard InChI is InChI=1S/C15H26N4O/c1-10(2)12-8-13(19-18-12)17-14(20)15(3,4)11-6-5-7-16-9-11/h8,10-11,16H,5-7,9H2,1-4H3,(H2,17,18,19,20). The minimum absolute atomic E-state index is 0.0491. The molecular weight excluding hydrogens is 252 g/mol. The predicted octanol–water partition coefficient (Wildman–Crippen LogP) is 2.50. The molecule has 1 unspecified atom stereocenters. The summed E-state index contributed by atoms with van der Waals surface area (Å²) in [5.41, 5.74) is 0.655. The molecule has 0 radical (unpaired) electrons. The lowest BCUT2D eigenvalue weighted by Crippen LogP contribution is -2.44. The third-order valence-corrected chi connectivity index (χ3v) is 4.36. The number of carbonyl (C=O) groups is 1. The number of H-pyrrole nitrogens is 1. The van der Waals surface area contributed by atoms with Crippen molar-refractivity contribution >= 4 is 11.7 Å². The summed E-state index contributed by atoms with van der Waals surface area (Å²) >= 11 is 0. The number of carbonyl (C=O) groups excluding carboxylic acids is 1. The molecule has 1 aromatic rings. The molecule has 5 nitrogen and oxygen atoms in total. The highest BCUT2D eigenvalue weighted by Crippen LogP contribution is 2.33. The second-order valence-electron chi connectivity index (χ2n) is 6.58. The molecule has 3 N–H and O–H groups in total. The molecule has 20 heavy (non-hydrogen) atoms. The zero-order valence-corrected chi connectivity index (χ0v) is 12.9. The van der Waals surface area contributed by atoms with E-state index < -0.39 is 0 Å². The first-order valence-electron chi connectivity index (χ1n) is 7.48. The number of piperidine rings is 1. The topological polar surface area (TPSA) is 69.8 Å². The predicted molar refractivity (Wildman–Crippen MR) is 80.7 cm³/mol. The normalized spacial score (nSPS) is 20.1. The fraction of sp³-hybridized carbons (Fsp3) is 0.733. The molecule has 1 aliphatic rings. The molecule has 1 aromatic heterocycles. The van der Waals surface area contributed by atoms with Gasteiger partial charge >= 0.3 is 0 Å². The fourth-order valence-corrected chi connectivity index (χ4v) is 2.63. The van der Waals surface area contributed by atoms with Gasteiger partial charge in [-0.05, 0) is 37.8 Å². The summed E-state index contributed by atoms with van der Waals surface area (Å²) in [6, 6.07) is 1.91. The number of anilines is 1. The summed E-state index contributed by atoms with van der Waals surface area (Å²) in [4.78, 5) is 12.5. The van der Waals surface area contributed by atoms with Crippen molar-refractivity contribution in [3.8, 4) is 0 Å². The van der Waals surface area contributed by atoms with Crippen LogP contribution in [0.15, 0.2) is 6.07 Å². The lowest BCUT2D eigenvalue weighted by molar-refractivity contribution is -0.127. The van der Waals surface area contributed by atoms with Crippen molar-refractivity contribution in [3.63, 3.8) is 0 Å². The smallest absolute Gasteiger partial charge is 0.231 e. The van der Waals surface area contributed by atoms with Crippen LogP contribution in [0, 0.1) is 11.3 Å². The summed E-state index contributed by atoms with van der Waals surface area (Å²) in [7, 11) is 0. The Kier molecular flexibility index (Phi) is 4.48. The molecule has 1 aliphatic heterocycles. The molecule has 0 saturated carbocycles. The summed E-state index contributed by atoms with van der Waals surface area (Å²) in [5, 5.41) is 13.5. The van der Waals surface area contributed by atoms with Gasteiger partial charge in [-0.3, -0.25) is 9.89 Å². The van der Waals surface area contributed by atoms with Gasteiger partial charge < -0.3 is 10.6 Å². The Balaban J connectivity index is 2.01.